The summed E-state index contributed by atoms with van der Waals surface area (Å²) in [7, 11) is -0.908. The molecule has 1 heterocycles. The molecule has 380 valence electrons. The van der Waals surface area contributed by atoms with Gasteiger partial charge in [-0.25, -0.2) is 0 Å². The lowest BCUT2D eigenvalue weighted by atomic mass is 9.43. The number of unbranched alkanes of at least 4 members (excludes halogenated alkanes) is 3. The van der Waals surface area contributed by atoms with Crippen molar-refractivity contribution in [3.63, 3.8) is 0 Å². The number of carbonyl (C=O) groups is 6. The van der Waals surface area contributed by atoms with Crippen LogP contribution in [0, 0.1) is 17.3 Å². The summed E-state index contributed by atoms with van der Waals surface area (Å²) in [6.07, 6.45) is 4.02. The molecule has 1 unspecified atom stereocenters. The smallest absolute Gasteiger partial charge is 0.403 e. The van der Waals surface area contributed by atoms with E-state index in [0.29, 0.717) is 50.3 Å². The highest BCUT2D eigenvalue weighted by Gasteiger charge is 2.68. The normalized spacial score (nSPS) is 22.6. The molecular weight excluding hydrogens is 883 g/mol. The Morgan fingerprint density at radius 1 is 0.754 bits per heavy atom. The summed E-state index contributed by atoms with van der Waals surface area (Å²) in [6, 6.07) is 10.6. The highest BCUT2D eigenvalue weighted by Crippen LogP contribution is 2.65. The third-order valence-electron chi connectivity index (χ3n) is 14.3. The minimum atomic E-state index is -1.71. The maximum absolute atomic E-state index is 13.6. The number of rotatable bonds is 27. The molecule has 0 spiro atoms. The summed E-state index contributed by atoms with van der Waals surface area (Å²) >= 11 is 0. The van der Waals surface area contributed by atoms with Crippen molar-refractivity contribution in [2.24, 2.45) is 40.2 Å². The van der Waals surface area contributed by atoms with Crippen LogP contribution < -0.4 is 54.8 Å². The van der Waals surface area contributed by atoms with E-state index < -0.39 is 78.7 Å². The number of benzene rings is 2. The van der Waals surface area contributed by atoms with Crippen molar-refractivity contribution in [2.45, 2.75) is 160 Å². The molecule has 6 amide bonds. The average molecular weight is 961 g/mol. The molecule has 6 rings (SSSR count). The fourth-order valence-corrected chi connectivity index (χ4v) is 9.85. The van der Waals surface area contributed by atoms with Crippen LogP contribution in [0.5, 0.6) is 0 Å². The lowest BCUT2D eigenvalue weighted by Crippen LogP contribution is -2.65. The first-order valence-corrected chi connectivity index (χ1v) is 24.7. The number of hydrogen-bond acceptors (Lipinski definition) is 13. The molecule has 19 nitrogen and oxygen atoms in total. The molecule has 3 aliphatic carbocycles. The van der Waals surface area contributed by atoms with E-state index >= 15 is 0 Å². The van der Waals surface area contributed by atoms with Crippen molar-refractivity contribution >= 4 is 42.6 Å². The van der Waals surface area contributed by atoms with Gasteiger partial charge in [-0.1, -0.05) is 63.6 Å². The summed E-state index contributed by atoms with van der Waals surface area (Å²) in [6.45, 7) is 10.6. The minimum Gasteiger partial charge on any atom is -0.403 e. The predicted octanol–water partition coefficient (Wildman–Crippen LogP) is 0.979. The Morgan fingerprint density at radius 2 is 1.35 bits per heavy atom. The Morgan fingerprint density at radius 3 is 1.93 bits per heavy atom. The Bertz CT molecular complexity index is 2060. The maximum atomic E-state index is 13.6. The van der Waals surface area contributed by atoms with Crippen molar-refractivity contribution < 1.29 is 43.2 Å². The van der Waals surface area contributed by atoms with Crippen molar-refractivity contribution in [1.82, 2.24) is 31.9 Å². The molecule has 20 heteroatoms. The van der Waals surface area contributed by atoms with Crippen LogP contribution in [0.4, 0.5) is 0 Å². The first kappa shape index (κ1) is 55.0. The molecule has 69 heavy (non-hydrogen) atoms. The summed E-state index contributed by atoms with van der Waals surface area (Å²) in [5.74, 6) is -3.43. The third kappa shape index (κ3) is 14.3. The molecule has 1 aliphatic heterocycles. The van der Waals surface area contributed by atoms with Gasteiger partial charge in [-0.05, 0) is 137 Å². The van der Waals surface area contributed by atoms with Gasteiger partial charge < -0.3 is 69.3 Å². The fraction of sp³-hybridized carbons (Fsp3) is 0.633. The highest BCUT2D eigenvalue weighted by atomic mass is 16.7. The van der Waals surface area contributed by atoms with Crippen LogP contribution in [-0.2, 0) is 39.7 Å². The summed E-state index contributed by atoms with van der Waals surface area (Å²) in [5, 5.41) is 26.1. The SMILES string of the molecule is CCCCc1ccc(-c2ccc(C(=O)NCCC(=O)N[C@@H](CCCCN)C(=O)N[C@H](C(=O)N[C@@H](N)C(=O)N[C@@H](CCCCN)C(=O)N[C@@H](N)B3OC4C[C@@H]5C[C@@H](C5(C)C)[C@]4(C)O3)[C@@H](C)O)cc2)cc1. The summed E-state index contributed by atoms with van der Waals surface area (Å²) in [5.41, 5.74) is 27.2. The number of nitrogens with one attached hydrogen (secondary N) is 6. The zero-order valence-electron chi connectivity index (χ0n) is 41.0. The number of aliphatic hydroxyl groups excluding tert-OH is 1. The van der Waals surface area contributed by atoms with Gasteiger partial charge in [0.2, 0.25) is 23.6 Å². The molecule has 10 atom stereocenters. The maximum Gasteiger partial charge on any atom is 0.497 e. The molecule has 0 aromatic heterocycles. The molecule has 2 bridgehead atoms. The molecule has 3 saturated carbocycles. The van der Waals surface area contributed by atoms with E-state index in [1.165, 1.54) is 12.5 Å². The minimum absolute atomic E-state index is 0.0215. The predicted molar refractivity (Wildman–Crippen MR) is 263 cm³/mol. The lowest BCUT2D eigenvalue weighted by Gasteiger charge is -2.64. The van der Waals surface area contributed by atoms with Gasteiger partial charge in [-0.2, -0.15) is 0 Å². The van der Waals surface area contributed by atoms with Gasteiger partial charge >= 0.3 is 7.12 Å². The molecule has 0 radical (unpaired) electrons. The third-order valence-corrected chi connectivity index (χ3v) is 14.3. The van der Waals surface area contributed by atoms with Crippen LogP contribution in [-0.4, -0.2) is 115 Å². The lowest BCUT2D eigenvalue weighted by molar-refractivity contribution is -0.199. The zero-order chi connectivity index (χ0) is 50.5. The Hall–Kier alpha value is -4.96. The number of amides is 6. The molecule has 1 saturated heterocycles. The Balaban J connectivity index is 1.11. The van der Waals surface area contributed by atoms with Crippen molar-refractivity contribution in [3.8, 4) is 11.1 Å². The van der Waals surface area contributed by atoms with Crippen LogP contribution in [0.15, 0.2) is 48.5 Å². The van der Waals surface area contributed by atoms with E-state index in [1.807, 2.05) is 19.1 Å². The second-order valence-electron chi connectivity index (χ2n) is 19.7. The molecule has 15 N–H and O–H groups in total. The molecule has 4 aliphatic rings. The van der Waals surface area contributed by atoms with E-state index in [2.05, 4.69) is 76.9 Å². The standard InChI is InChI=1S/C49H77BN10O9/c1-6-7-12-30-15-17-31(18-16-30)32-19-21-33(22-20-32)42(63)55-26-23-39(62)56-35(13-8-10-24-51)43(64)58-40(29(2)61)45(66)59-41(53)46(67)57-36(14-9-11-25-52)44(65)60-47(54)50-68-38-28-34-27-37(48(34,3)4)49(38,5)69-50/h15-22,29,34-38,40-41,47,61H,6-14,23-28,51-54H2,1-5H3,(H,55,63)(H,56,62)(H,57,67)(H,58,64)(H,59,66)(H,60,65)/t29-,34+,35+,36+,37+,38?,40+,41-,47-,49+/m1/s1. The first-order chi connectivity index (χ1) is 32.8. The van der Waals surface area contributed by atoms with E-state index in [1.54, 1.807) is 12.1 Å². The van der Waals surface area contributed by atoms with Gasteiger partial charge in [-0.15, -0.1) is 0 Å². The Labute approximate surface area is 407 Å². The van der Waals surface area contributed by atoms with Crippen LogP contribution in [0.2, 0.25) is 0 Å². The van der Waals surface area contributed by atoms with E-state index in [4.69, 9.17) is 32.2 Å². The molecule has 4 fully saturated rings. The topological polar surface area (TPSA) is 317 Å². The van der Waals surface area contributed by atoms with Crippen LogP contribution in [0.25, 0.3) is 11.1 Å². The van der Waals surface area contributed by atoms with Gasteiger partial charge in [0, 0.05) is 18.5 Å². The van der Waals surface area contributed by atoms with Crippen LogP contribution >= 0.6 is 0 Å². The van der Waals surface area contributed by atoms with Crippen LogP contribution in [0.1, 0.15) is 121 Å². The zero-order valence-corrected chi connectivity index (χ0v) is 41.0. The van der Waals surface area contributed by atoms with E-state index in [-0.39, 0.29) is 49.2 Å². The van der Waals surface area contributed by atoms with Crippen LogP contribution in [0.3, 0.4) is 0 Å². The molecular formula is C49H77BN10O9. The van der Waals surface area contributed by atoms with Crippen molar-refractivity contribution in [2.75, 3.05) is 19.6 Å². The van der Waals surface area contributed by atoms with E-state index in [0.717, 1.165) is 43.2 Å². The largest absolute Gasteiger partial charge is 0.497 e. The number of carbonyl (C=O) groups excluding carboxylic acids is 6. The quantitative estimate of drug-likeness (QED) is 0.0339. The highest BCUT2D eigenvalue weighted by molar-refractivity contribution is 6.47. The number of aliphatic hydroxyl groups is 1. The van der Waals surface area contributed by atoms with Gasteiger partial charge in [0.15, 0.2) is 6.17 Å². The van der Waals surface area contributed by atoms with Gasteiger partial charge in [0.25, 0.3) is 11.8 Å². The van der Waals surface area contributed by atoms with Gasteiger partial charge in [-0.3, -0.25) is 28.8 Å². The Kier molecular flexibility index (Phi) is 20.1. The number of aryl methyl sites for hydroxylation is 1. The second-order valence-corrected chi connectivity index (χ2v) is 19.7. The summed E-state index contributed by atoms with van der Waals surface area (Å²) < 4.78 is 12.6. The van der Waals surface area contributed by atoms with Crippen molar-refractivity contribution in [1.29, 1.82) is 0 Å². The molecule has 2 aromatic rings. The second kappa shape index (κ2) is 25.2. The first-order valence-electron chi connectivity index (χ1n) is 24.7. The number of hydrogen-bond donors (Lipinski definition) is 11. The van der Waals surface area contributed by atoms with Gasteiger partial charge in [0.05, 0.1) is 17.8 Å². The van der Waals surface area contributed by atoms with Gasteiger partial charge in [0.1, 0.15) is 24.2 Å². The molecule has 2 aromatic carbocycles. The average Bonchev–Trinajstić information content (AvgIpc) is 3.69. The number of nitrogens with two attached hydrogens (primary N) is 4. The van der Waals surface area contributed by atoms with E-state index in [9.17, 15) is 33.9 Å². The summed E-state index contributed by atoms with van der Waals surface area (Å²) in [4.78, 5) is 80.2. The van der Waals surface area contributed by atoms with Crippen molar-refractivity contribution in [3.05, 3.63) is 59.7 Å². The monoisotopic (exact) mass is 961 g/mol. The fourth-order valence-electron chi connectivity index (χ4n) is 9.85.